The van der Waals surface area contributed by atoms with E-state index in [2.05, 4.69) is 26.6 Å². The summed E-state index contributed by atoms with van der Waals surface area (Å²) in [6, 6.07) is 5.44. The van der Waals surface area contributed by atoms with E-state index in [9.17, 15) is 4.79 Å². The molecule has 0 heterocycles. The fourth-order valence-corrected chi connectivity index (χ4v) is 1.71. The summed E-state index contributed by atoms with van der Waals surface area (Å²) >= 11 is 3.35. The van der Waals surface area contributed by atoms with E-state index in [-0.39, 0.29) is 12.5 Å². The first-order valence-corrected chi connectivity index (χ1v) is 6.29. The molecule has 0 fully saturated rings. The van der Waals surface area contributed by atoms with E-state index in [0.717, 1.165) is 4.47 Å². The average molecular weight is 317 g/mol. The lowest BCUT2D eigenvalue weighted by atomic mass is 10.3. The number of ether oxygens (including phenoxy) is 2. The van der Waals surface area contributed by atoms with Gasteiger partial charge in [0, 0.05) is 18.1 Å². The van der Waals surface area contributed by atoms with Crippen LogP contribution in [0.4, 0.5) is 5.69 Å². The smallest absolute Gasteiger partial charge is 0.238 e. The van der Waals surface area contributed by atoms with E-state index < -0.39 is 0 Å². The number of benzene rings is 1. The Morgan fingerprint density at radius 1 is 1.39 bits per heavy atom. The SMILES string of the molecule is COCCNCC(=O)Nc1cc(Br)ccc1OC. The number of hydrogen-bond acceptors (Lipinski definition) is 4. The van der Waals surface area contributed by atoms with Gasteiger partial charge in [0.05, 0.1) is 25.9 Å². The average Bonchev–Trinajstić information content (AvgIpc) is 2.35. The molecule has 1 aromatic carbocycles. The fourth-order valence-electron chi connectivity index (χ4n) is 1.35. The van der Waals surface area contributed by atoms with Crippen LogP contribution < -0.4 is 15.4 Å². The summed E-state index contributed by atoms with van der Waals surface area (Å²) in [6.07, 6.45) is 0. The maximum Gasteiger partial charge on any atom is 0.238 e. The van der Waals surface area contributed by atoms with E-state index in [1.54, 1.807) is 26.4 Å². The Kier molecular flexibility index (Phi) is 6.70. The lowest BCUT2D eigenvalue weighted by molar-refractivity contribution is -0.115. The molecule has 0 spiro atoms. The van der Waals surface area contributed by atoms with Crippen LogP contribution in [0.1, 0.15) is 0 Å². The number of carbonyl (C=O) groups excluding carboxylic acids is 1. The lowest BCUT2D eigenvalue weighted by Gasteiger charge is -2.11. The zero-order valence-electron chi connectivity index (χ0n) is 10.5. The second kappa shape index (κ2) is 8.07. The number of methoxy groups -OCH3 is 2. The van der Waals surface area contributed by atoms with E-state index in [4.69, 9.17) is 9.47 Å². The summed E-state index contributed by atoms with van der Waals surface area (Å²) in [7, 11) is 3.18. The van der Waals surface area contributed by atoms with Gasteiger partial charge in [0.2, 0.25) is 5.91 Å². The van der Waals surface area contributed by atoms with Gasteiger partial charge in [-0.05, 0) is 18.2 Å². The molecule has 2 N–H and O–H groups in total. The van der Waals surface area contributed by atoms with Gasteiger partial charge in [-0.1, -0.05) is 15.9 Å². The molecule has 0 aliphatic rings. The zero-order valence-corrected chi connectivity index (χ0v) is 12.0. The molecule has 1 rings (SSSR count). The van der Waals surface area contributed by atoms with Crippen LogP contribution >= 0.6 is 15.9 Å². The Bertz CT molecular complexity index is 399. The molecule has 0 radical (unpaired) electrons. The standard InChI is InChI=1S/C12H17BrN2O3/c1-17-6-5-14-8-12(16)15-10-7-9(13)3-4-11(10)18-2/h3-4,7,14H,5-6,8H2,1-2H3,(H,15,16). The lowest BCUT2D eigenvalue weighted by Crippen LogP contribution is -2.30. The predicted octanol–water partition coefficient (Wildman–Crippen LogP) is 1.63. The minimum atomic E-state index is -0.123. The minimum absolute atomic E-state index is 0.123. The van der Waals surface area contributed by atoms with Crippen LogP contribution in [0.5, 0.6) is 5.75 Å². The third-order valence-corrected chi connectivity index (χ3v) is 2.70. The van der Waals surface area contributed by atoms with Crippen molar-refractivity contribution in [1.29, 1.82) is 0 Å². The highest BCUT2D eigenvalue weighted by molar-refractivity contribution is 9.10. The molecule has 0 saturated carbocycles. The maximum atomic E-state index is 11.7. The summed E-state index contributed by atoms with van der Waals surface area (Å²) in [6.45, 7) is 1.45. The van der Waals surface area contributed by atoms with Gasteiger partial charge < -0.3 is 20.1 Å². The number of hydrogen-bond donors (Lipinski definition) is 2. The molecule has 0 atom stereocenters. The van der Waals surface area contributed by atoms with Crippen molar-refractivity contribution in [2.75, 3.05) is 39.2 Å². The van der Waals surface area contributed by atoms with Crippen LogP contribution in [-0.2, 0) is 9.53 Å². The van der Waals surface area contributed by atoms with Crippen molar-refractivity contribution < 1.29 is 14.3 Å². The Balaban J connectivity index is 2.50. The number of halogens is 1. The minimum Gasteiger partial charge on any atom is -0.495 e. The van der Waals surface area contributed by atoms with Crippen LogP contribution in [-0.4, -0.2) is 39.8 Å². The molecule has 1 aromatic rings. The third kappa shape index (κ3) is 5.03. The van der Waals surface area contributed by atoms with Crippen molar-refractivity contribution in [3.63, 3.8) is 0 Å². The quantitative estimate of drug-likeness (QED) is 0.751. The largest absolute Gasteiger partial charge is 0.495 e. The Morgan fingerprint density at radius 3 is 2.83 bits per heavy atom. The third-order valence-electron chi connectivity index (χ3n) is 2.20. The van der Waals surface area contributed by atoms with Crippen LogP contribution in [0, 0.1) is 0 Å². The number of amides is 1. The Morgan fingerprint density at radius 2 is 2.17 bits per heavy atom. The van der Waals surface area contributed by atoms with E-state index in [1.807, 2.05) is 6.07 Å². The molecule has 0 aliphatic heterocycles. The van der Waals surface area contributed by atoms with Gasteiger partial charge in [-0.3, -0.25) is 4.79 Å². The highest BCUT2D eigenvalue weighted by Gasteiger charge is 2.07. The number of nitrogens with one attached hydrogen (secondary N) is 2. The Hall–Kier alpha value is -1.11. The van der Waals surface area contributed by atoms with E-state index in [0.29, 0.717) is 24.6 Å². The summed E-state index contributed by atoms with van der Waals surface area (Å²) in [5, 5.41) is 5.75. The van der Waals surface area contributed by atoms with Crippen molar-refractivity contribution in [2.24, 2.45) is 0 Å². The van der Waals surface area contributed by atoms with Crippen LogP contribution in [0.15, 0.2) is 22.7 Å². The highest BCUT2D eigenvalue weighted by Crippen LogP contribution is 2.27. The number of rotatable bonds is 7. The molecular weight excluding hydrogens is 300 g/mol. The zero-order chi connectivity index (χ0) is 13.4. The second-order valence-corrected chi connectivity index (χ2v) is 4.48. The summed E-state index contributed by atoms with van der Waals surface area (Å²) < 4.78 is 10.9. The highest BCUT2D eigenvalue weighted by atomic mass is 79.9. The molecule has 0 aromatic heterocycles. The van der Waals surface area contributed by atoms with Crippen molar-refractivity contribution in [2.45, 2.75) is 0 Å². The van der Waals surface area contributed by atoms with Crippen molar-refractivity contribution in [3.8, 4) is 5.75 Å². The fraction of sp³-hybridized carbons (Fsp3) is 0.417. The van der Waals surface area contributed by atoms with Crippen LogP contribution in [0.25, 0.3) is 0 Å². The van der Waals surface area contributed by atoms with E-state index in [1.165, 1.54) is 0 Å². The van der Waals surface area contributed by atoms with Crippen LogP contribution in [0.2, 0.25) is 0 Å². The molecule has 18 heavy (non-hydrogen) atoms. The normalized spacial score (nSPS) is 10.2. The van der Waals surface area contributed by atoms with Crippen LogP contribution in [0.3, 0.4) is 0 Å². The summed E-state index contributed by atoms with van der Waals surface area (Å²) in [5.74, 6) is 0.506. The van der Waals surface area contributed by atoms with Gasteiger partial charge in [-0.2, -0.15) is 0 Å². The maximum absolute atomic E-state index is 11.7. The second-order valence-electron chi connectivity index (χ2n) is 3.56. The molecule has 6 heteroatoms. The number of anilines is 1. The molecule has 0 bridgehead atoms. The van der Waals surface area contributed by atoms with Gasteiger partial charge in [0.15, 0.2) is 0 Å². The van der Waals surface area contributed by atoms with Gasteiger partial charge in [0.1, 0.15) is 5.75 Å². The van der Waals surface area contributed by atoms with E-state index >= 15 is 0 Å². The molecule has 0 saturated heterocycles. The molecule has 0 unspecified atom stereocenters. The van der Waals surface area contributed by atoms with Gasteiger partial charge in [-0.15, -0.1) is 0 Å². The predicted molar refractivity (Wildman–Crippen MR) is 74.1 cm³/mol. The first-order chi connectivity index (χ1) is 8.67. The van der Waals surface area contributed by atoms with Gasteiger partial charge in [-0.25, -0.2) is 0 Å². The molecule has 5 nitrogen and oxygen atoms in total. The van der Waals surface area contributed by atoms with Crippen molar-refractivity contribution in [3.05, 3.63) is 22.7 Å². The molecule has 0 aliphatic carbocycles. The first-order valence-electron chi connectivity index (χ1n) is 5.50. The van der Waals surface area contributed by atoms with Crippen molar-refractivity contribution in [1.82, 2.24) is 5.32 Å². The molecular formula is C12H17BrN2O3. The van der Waals surface area contributed by atoms with Gasteiger partial charge in [0.25, 0.3) is 0 Å². The molecule has 100 valence electrons. The Labute approximate surface area is 115 Å². The topological polar surface area (TPSA) is 59.6 Å². The molecule has 1 amide bonds. The van der Waals surface area contributed by atoms with Crippen molar-refractivity contribution >= 4 is 27.5 Å². The summed E-state index contributed by atoms with van der Waals surface area (Å²) in [5.41, 5.74) is 0.644. The number of carbonyl (C=O) groups is 1. The first kappa shape index (κ1) is 14.9. The monoisotopic (exact) mass is 316 g/mol. The van der Waals surface area contributed by atoms with Gasteiger partial charge >= 0.3 is 0 Å². The summed E-state index contributed by atoms with van der Waals surface area (Å²) in [4.78, 5) is 11.7.